The summed E-state index contributed by atoms with van der Waals surface area (Å²) in [4.78, 5) is 3.55. The van der Waals surface area contributed by atoms with Gasteiger partial charge in [0.25, 0.3) is 0 Å². The molecule has 3 N–H and O–H groups in total. The lowest BCUT2D eigenvalue weighted by Crippen LogP contribution is -2.30. The number of aromatic amines is 1. The van der Waals surface area contributed by atoms with Crippen molar-refractivity contribution in [3.05, 3.63) is 65.4 Å². The number of para-hydroxylation sites is 1. The van der Waals surface area contributed by atoms with Crippen molar-refractivity contribution in [3.63, 3.8) is 0 Å². The first-order valence-corrected chi connectivity index (χ1v) is 6.95. The van der Waals surface area contributed by atoms with Crippen LogP contribution < -0.4 is 5.32 Å². The maximum Gasteiger partial charge on any atom is 0.115 e. The summed E-state index contributed by atoms with van der Waals surface area (Å²) in [6, 6.07) is 16.1. The van der Waals surface area contributed by atoms with Crippen molar-refractivity contribution < 1.29 is 5.11 Å². The molecule has 0 aliphatic carbocycles. The van der Waals surface area contributed by atoms with E-state index in [4.69, 9.17) is 0 Å². The Labute approximate surface area is 117 Å². The fourth-order valence-electron chi connectivity index (χ4n) is 3.13. The number of nitrogens with one attached hydrogen (secondary N) is 2. The van der Waals surface area contributed by atoms with Gasteiger partial charge in [0.2, 0.25) is 0 Å². The Morgan fingerprint density at radius 3 is 2.65 bits per heavy atom. The molecule has 0 saturated carbocycles. The Kier molecular flexibility index (Phi) is 2.54. The van der Waals surface area contributed by atoms with E-state index >= 15 is 0 Å². The topological polar surface area (TPSA) is 48.0 Å². The number of aromatic hydroxyl groups is 1. The number of aromatic nitrogens is 1. The Morgan fingerprint density at radius 2 is 1.80 bits per heavy atom. The van der Waals surface area contributed by atoms with Gasteiger partial charge in [-0.1, -0.05) is 30.3 Å². The van der Waals surface area contributed by atoms with Crippen LogP contribution in [0.25, 0.3) is 10.9 Å². The number of phenolic OH excluding ortho intramolecular Hbond substituents is 1. The number of benzene rings is 2. The van der Waals surface area contributed by atoms with Crippen LogP contribution in [0.3, 0.4) is 0 Å². The molecular weight excluding hydrogens is 248 g/mol. The molecule has 0 spiro atoms. The number of H-pyrrole nitrogens is 1. The number of fused-ring (bicyclic) bond motifs is 3. The average molecular weight is 264 g/mol. The zero-order valence-electron chi connectivity index (χ0n) is 11.1. The molecule has 1 aromatic heterocycles. The Bertz CT molecular complexity index is 758. The van der Waals surface area contributed by atoms with Crippen molar-refractivity contribution in [2.75, 3.05) is 6.54 Å². The molecule has 0 radical (unpaired) electrons. The summed E-state index contributed by atoms with van der Waals surface area (Å²) in [7, 11) is 0. The van der Waals surface area contributed by atoms with E-state index < -0.39 is 0 Å². The van der Waals surface area contributed by atoms with E-state index in [1.807, 2.05) is 12.1 Å². The molecule has 1 aliphatic heterocycles. The second kappa shape index (κ2) is 4.39. The molecule has 2 aromatic carbocycles. The molecule has 1 atom stereocenters. The van der Waals surface area contributed by atoms with E-state index in [1.165, 1.54) is 27.7 Å². The minimum atomic E-state index is 0.173. The van der Waals surface area contributed by atoms with E-state index in [9.17, 15) is 5.11 Å². The Morgan fingerprint density at radius 1 is 1.00 bits per heavy atom. The molecule has 3 heteroatoms. The first-order valence-electron chi connectivity index (χ1n) is 6.95. The second-order valence-electron chi connectivity index (χ2n) is 5.29. The lowest BCUT2D eigenvalue weighted by atomic mass is 9.94. The predicted molar refractivity (Wildman–Crippen MR) is 80.0 cm³/mol. The first-order chi connectivity index (χ1) is 9.83. The van der Waals surface area contributed by atoms with Crippen LogP contribution >= 0.6 is 0 Å². The smallest absolute Gasteiger partial charge is 0.115 e. The molecule has 0 amide bonds. The van der Waals surface area contributed by atoms with Crippen LogP contribution in [-0.4, -0.2) is 16.6 Å². The van der Waals surface area contributed by atoms with Crippen molar-refractivity contribution in [3.8, 4) is 5.75 Å². The SMILES string of the molecule is Oc1ccc(C2NCCc3c2[nH]c2ccccc32)cc1. The molecule has 0 fully saturated rings. The van der Waals surface area contributed by atoms with Crippen LogP contribution in [0.4, 0.5) is 0 Å². The standard InChI is InChI=1S/C17H16N2O/c20-12-7-5-11(6-8-12)16-17-14(9-10-18-16)13-3-1-2-4-15(13)19-17/h1-8,16,18-20H,9-10H2. The summed E-state index contributed by atoms with van der Waals surface area (Å²) >= 11 is 0. The van der Waals surface area contributed by atoms with E-state index in [0.29, 0.717) is 5.75 Å². The van der Waals surface area contributed by atoms with Crippen LogP contribution in [0.2, 0.25) is 0 Å². The summed E-state index contributed by atoms with van der Waals surface area (Å²) in [5.41, 5.74) is 5.04. The van der Waals surface area contributed by atoms with Crippen LogP contribution in [0.5, 0.6) is 5.75 Å². The minimum Gasteiger partial charge on any atom is -0.508 e. The normalized spacial score (nSPS) is 18.1. The summed E-state index contributed by atoms with van der Waals surface area (Å²) < 4.78 is 0. The highest BCUT2D eigenvalue weighted by Crippen LogP contribution is 2.33. The fraction of sp³-hybridized carbons (Fsp3) is 0.176. The van der Waals surface area contributed by atoms with E-state index in [1.54, 1.807) is 12.1 Å². The molecule has 1 aliphatic rings. The van der Waals surface area contributed by atoms with E-state index in [2.05, 4.69) is 34.6 Å². The van der Waals surface area contributed by atoms with Gasteiger partial charge in [0.1, 0.15) is 5.75 Å². The van der Waals surface area contributed by atoms with Gasteiger partial charge in [-0.2, -0.15) is 0 Å². The predicted octanol–water partition coefficient (Wildman–Crippen LogP) is 3.11. The molecule has 3 nitrogen and oxygen atoms in total. The lowest BCUT2D eigenvalue weighted by molar-refractivity contribution is 0.474. The second-order valence-corrected chi connectivity index (χ2v) is 5.29. The van der Waals surface area contributed by atoms with Gasteiger partial charge >= 0.3 is 0 Å². The molecule has 100 valence electrons. The number of hydrogen-bond acceptors (Lipinski definition) is 2. The zero-order chi connectivity index (χ0) is 13.5. The third kappa shape index (κ3) is 1.71. The van der Waals surface area contributed by atoms with Gasteiger partial charge in [-0.3, -0.25) is 0 Å². The van der Waals surface area contributed by atoms with Gasteiger partial charge in [-0.05, 0) is 35.7 Å². The van der Waals surface area contributed by atoms with Gasteiger partial charge in [-0.15, -0.1) is 0 Å². The van der Waals surface area contributed by atoms with Gasteiger partial charge in [0, 0.05) is 23.1 Å². The Balaban J connectivity index is 1.87. The molecule has 2 heterocycles. The number of hydrogen-bond donors (Lipinski definition) is 3. The van der Waals surface area contributed by atoms with Gasteiger partial charge in [-0.25, -0.2) is 0 Å². The van der Waals surface area contributed by atoms with Gasteiger partial charge < -0.3 is 15.4 Å². The van der Waals surface area contributed by atoms with Gasteiger partial charge in [0.05, 0.1) is 6.04 Å². The quantitative estimate of drug-likeness (QED) is 0.632. The summed E-state index contributed by atoms with van der Waals surface area (Å²) in [6.07, 6.45) is 1.05. The largest absolute Gasteiger partial charge is 0.508 e. The molecule has 20 heavy (non-hydrogen) atoms. The molecule has 0 bridgehead atoms. The molecule has 0 saturated heterocycles. The third-order valence-corrected chi connectivity index (χ3v) is 4.09. The van der Waals surface area contributed by atoms with Crippen LogP contribution in [0.15, 0.2) is 48.5 Å². The minimum absolute atomic E-state index is 0.173. The summed E-state index contributed by atoms with van der Waals surface area (Å²) in [6.45, 7) is 0.973. The fourth-order valence-corrected chi connectivity index (χ4v) is 3.13. The molecule has 4 rings (SSSR count). The van der Waals surface area contributed by atoms with Crippen LogP contribution in [0.1, 0.15) is 22.9 Å². The van der Waals surface area contributed by atoms with Crippen molar-refractivity contribution in [2.24, 2.45) is 0 Å². The third-order valence-electron chi connectivity index (χ3n) is 4.09. The highest BCUT2D eigenvalue weighted by atomic mass is 16.3. The van der Waals surface area contributed by atoms with Crippen molar-refractivity contribution >= 4 is 10.9 Å². The molecular formula is C17H16N2O. The highest BCUT2D eigenvalue weighted by Gasteiger charge is 2.24. The number of phenols is 1. The Hall–Kier alpha value is -2.26. The summed E-state index contributed by atoms with van der Waals surface area (Å²) in [5.74, 6) is 0.307. The van der Waals surface area contributed by atoms with Crippen molar-refractivity contribution in [1.82, 2.24) is 10.3 Å². The maximum absolute atomic E-state index is 9.44. The van der Waals surface area contributed by atoms with E-state index in [-0.39, 0.29) is 6.04 Å². The van der Waals surface area contributed by atoms with E-state index in [0.717, 1.165) is 13.0 Å². The zero-order valence-corrected chi connectivity index (χ0v) is 11.1. The van der Waals surface area contributed by atoms with Crippen LogP contribution in [0, 0.1) is 0 Å². The first kappa shape index (κ1) is 11.6. The molecule has 1 unspecified atom stereocenters. The van der Waals surface area contributed by atoms with Crippen molar-refractivity contribution in [1.29, 1.82) is 0 Å². The highest BCUT2D eigenvalue weighted by molar-refractivity contribution is 5.85. The summed E-state index contributed by atoms with van der Waals surface area (Å²) in [5, 5.41) is 14.3. The lowest BCUT2D eigenvalue weighted by Gasteiger charge is -2.24. The monoisotopic (exact) mass is 264 g/mol. The number of rotatable bonds is 1. The van der Waals surface area contributed by atoms with Gasteiger partial charge in [0.15, 0.2) is 0 Å². The van der Waals surface area contributed by atoms with Crippen molar-refractivity contribution in [2.45, 2.75) is 12.5 Å². The maximum atomic E-state index is 9.44. The molecule has 3 aromatic rings. The average Bonchev–Trinajstić information content (AvgIpc) is 2.87. The van der Waals surface area contributed by atoms with Crippen LogP contribution in [-0.2, 0) is 6.42 Å².